The van der Waals surface area contributed by atoms with E-state index in [9.17, 15) is 4.79 Å². The van der Waals surface area contributed by atoms with Crippen molar-refractivity contribution in [3.05, 3.63) is 0 Å². The molecule has 0 aromatic heterocycles. The fourth-order valence-corrected chi connectivity index (χ4v) is 5.46. The van der Waals surface area contributed by atoms with Gasteiger partial charge in [0.1, 0.15) is 5.78 Å². The van der Waals surface area contributed by atoms with Crippen molar-refractivity contribution in [3.63, 3.8) is 0 Å². The highest BCUT2D eigenvalue weighted by molar-refractivity contribution is 5.81. The number of nitrogens with one attached hydrogen (secondary N) is 1. The van der Waals surface area contributed by atoms with Crippen molar-refractivity contribution in [1.82, 2.24) is 5.32 Å². The third-order valence-corrected chi connectivity index (χ3v) is 6.52. The molecular formula is C18H29NO2. The van der Waals surface area contributed by atoms with Gasteiger partial charge in [0.05, 0.1) is 5.60 Å². The number of piperidine rings is 1. The summed E-state index contributed by atoms with van der Waals surface area (Å²) in [6.07, 6.45) is 12.9. The maximum absolute atomic E-state index is 12.8. The van der Waals surface area contributed by atoms with Gasteiger partial charge < -0.3 is 10.1 Å². The van der Waals surface area contributed by atoms with Crippen molar-refractivity contribution >= 4 is 5.78 Å². The van der Waals surface area contributed by atoms with Crippen molar-refractivity contribution in [2.24, 2.45) is 11.8 Å². The maximum atomic E-state index is 12.8. The molecule has 1 N–H and O–H groups in total. The molecule has 4 aliphatic rings. The SMILES string of the molecule is O=C(CC1CC2CCC(C1)N2)C1CCOC2(CCCC2)C1. The van der Waals surface area contributed by atoms with E-state index in [2.05, 4.69) is 5.32 Å². The monoisotopic (exact) mass is 291 g/mol. The van der Waals surface area contributed by atoms with Gasteiger partial charge in [-0.25, -0.2) is 0 Å². The van der Waals surface area contributed by atoms with E-state index in [1.807, 2.05) is 0 Å². The van der Waals surface area contributed by atoms with Crippen LogP contribution in [0.1, 0.15) is 70.6 Å². The number of ketones is 1. The molecule has 3 unspecified atom stereocenters. The highest BCUT2D eigenvalue weighted by Crippen LogP contribution is 2.43. The minimum Gasteiger partial charge on any atom is -0.375 e. The first kappa shape index (κ1) is 14.2. The molecule has 2 bridgehead atoms. The van der Waals surface area contributed by atoms with Crippen molar-refractivity contribution in [2.45, 2.75) is 88.3 Å². The molecule has 1 saturated carbocycles. The lowest BCUT2D eigenvalue weighted by Crippen LogP contribution is -2.42. The Balaban J connectivity index is 1.34. The molecule has 21 heavy (non-hydrogen) atoms. The molecule has 3 heteroatoms. The summed E-state index contributed by atoms with van der Waals surface area (Å²) in [6, 6.07) is 1.41. The van der Waals surface area contributed by atoms with Crippen molar-refractivity contribution in [1.29, 1.82) is 0 Å². The number of rotatable bonds is 3. The molecule has 0 aromatic rings. The molecule has 3 aliphatic heterocycles. The summed E-state index contributed by atoms with van der Waals surface area (Å²) in [7, 11) is 0. The molecule has 3 atom stereocenters. The number of carbonyl (C=O) groups excluding carboxylic acids is 1. The second kappa shape index (κ2) is 5.66. The van der Waals surface area contributed by atoms with E-state index in [1.165, 1.54) is 51.4 Å². The third kappa shape index (κ3) is 2.92. The Hall–Kier alpha value is -0.410. The Labute approximate surface area is 128 Å². The first-order valence-electron chi connectivity index (χ1n) is 9.15. The second-order valence-corrected chi connectivity index (χ2v) is 8.07. The Morgan fingerprint density at radius 2 is 1.81 bits per heavy atom. The Kier molecular flexibility index (Phi) is 3.83. The van der Waals surface area contributed by atoms with Gasteiger partial charge in [0.15, 0.2) is 0 Å². The van der Waals surface area contributed by atoms with Gasteiger partial charge in [-0.2, -0.15) is 0 Å². The lowest BCUT2D eigenvalue weighted by atomic mass is 9.78. The highest BCUT2D eigenvalue weighted by atomic mass is 16.5. The van der Waals surface area contributed by atoms with E-state index >= 15 is 0 Å². The standard InChI is InChI=1S/C18H29NO2/c20-17(11-13-9-15-3-4-16(10-13)19-15)14-5-8-21-18(12-14)6-1-2-7-18/h13-16,19H,1-12H2. The van der Waals surface area contributed by atoms with Crippen LogP contribution in [-0.4, -0.2) is 30.1 Å². The highest BCUT2D eigenvalue weighted by Gasteiger charge is 2.42. The lowest BCUT2D eigenvalue weighted by Gasteiger charge is -2.38. The second-order valence-electron chi connectivity index (χ2n) is 8.07. The molecule has 4 rings (SSSR count). The number of ether oxygens (including phenoxy) is 1. The van der Waals surface area contributed by atoms with Crippen LogP contribution in [-0.2, 0) is 9.53 Å². The molecule has 0 aromatic carbocycles. The number of carbonyl (C=O) groups is 1. The van der Waals surface area contributed by atoms with E-state index in [4.69, 9.17) is 4.74 Å². The third-order valence-electron chi connectivity index (χ3n) is 6.52. The van der Waals surface area contributed by atoms with E-state index in [0.717, 1.165) is 25.9 Å². The topological polar surface area (TPSA) is 38.3 Å². The number of hydrogen-bond acceptors (Lipinski definition) is 3. The summed E-state index contributed by atoms with van der Waals surface area (Å²) in [5, 5.41) is 3.68. The zero-order valence-electron chi connectivity index (χ0n) is 13.1. The normalized spacial score (nSPS) is 41.5. The molecule has 4 fully saturated rings. The molecule has 118 valence electrons. The van der Waals surface area contributed by atoms with Crippen molar-refractivity contribution in [2.75, 3.05) is 6.61 Å². The van der Waals surface area contributed by atoms with E-state index in [-0.39, 0.29) is 5.60 Å². The van der Waals surface area contributed by atoms with Gasteiger partial charge in [0, 0.05) is 31.0 Å². The van der Waals surface area contributed by atoms with Crippen LogP contribution < -0.4 is 5.32 Å². The van der Waals surface area contributed by atoms with Crippen LogP contribution in [0.4, 0.5) is 0 Å². The fourth-order valence-electron chi connectivity index (χ4n) is 5.46. The Morgan fingerprint density at radius 1 is 1.10 bits per heavy atom. The van der Waals surface area contributed by atoms with Crippen LogP contribution in [0.5, 0.6) is 0 Å². The number of fused-ring (bicyclic) bond motifs is 2. The smallest absolute Gasteiger partial charge is 0.136 e. The number of hydrogen-bond donors (Lipinski definition) is 1. The summed E-state index contributed by atoms with van der Waals surface area (Å²) in [6.45, 7) is 0.813. The molecule has 1 spiro atoms. The van der Waals surface area contributed by atoms with Crippen LogP contribution >= 0.6 is 0 Å². The molecule has 3 nitrogen and oxygen atoms in total. The average molecular weight is 291 g/mol. The average Bonchev–Trinajstić information content (AvgIpc) is 3.06. The summed E-state index contributed by atoms with van der Waals surface area (Å²) in [5.74, 6) is 1.50. The van der Waals surface area contributed by atoms with Crippen molar-refractivity contribution in [3.8, 4) is 0 Å². The minimum atomic E-state index is 0.0890. The molecule has 0 amide bonds. The molecule has 3 saturated heterocycles. The Bertz CT molecular complexity index is 390. The van der Waals surface area contributed by atoms with Gasteiger partial charge in [-0.3, -0.25) is 4.79 Å². The zero-order valence-corrected chi connectivity index (χ0v) is 13.1. The first-order valence-corrected chi connectivity index (χ1v) is 9.15. The van der Waals surface area contributed by atoms with E-state index < -0.39 is 0 Å². The van der Waals surface area contributed by atoms with Crippen LogP contribution in [0.25, 0.3) is 0 Å². The van der Waals surface area contributed by atoms with Crippen molar-refractivity contribution < 1.29 is 9.53 Å². The molecular weight excluding hydrogens is 262 g/mol. The van der Waals surface area contributed by atoms with Gasteiger partial charge in [-0.1, -0.05) is 12.8 Å². The summed E-state index contributed by atoms with van der Waals surface area (Å²) in [4.78, 5) is 12.8. The van der Waals surface area contributed by atoms with Gasteiger partial charge >= 0.3 is 0 Å². The van der Waals surface area contributed by atoms with Gasteiger partial charge in [0.25, 0.3) is 0 Å². The van der Waals surface area contributed by atoms with Crippen LogP contribution in [0.2, 0.25) is 0 Å². The van der Waals surface area contributed by atoms with Crippen LogP contribution in [0.3, 0.4) is 0 Å². The van der Waals surface area contributed by atoms with E-state index in [0.29, 0.717) is 29.7 Å². The first-order chi connectivity index (χ1) is 10.2. The van der Waals surface area contributed by atoms with E-state index in [1.54, 1.807) is 0 Å². The largest absolute Gasteiger partial charge is 0.375 e. The Morgan fingerprint density at radius 3 is 2.52 bits per heavy atom. The predicted octanol–water partition coefficient (Wildman–Crippen LogP) is 3.22. The lowest BCUT2D eigenvalue weighted by molar-refractivity contribution is -0.137. The van der Waals surface area contributed by atoms with Gasteiger partial charge in [0.2, 0.25) is 0 Å². The summed E-state index contributed by atoms with van der Waals surface area (Å²) in [5.41, 5.74) is 0.0890. The summed E-state index contributed by atoms with van der Waals surface area (Å²) < 4.78 is 6.08. The quantitative estimate of drug-likeness (QED) is 0.867. The molecule has 3 heterocycles. The summed E-state index contributed by atoms with van der Waals surface area (Å²) >= 11 is 0. The predicted molar refractivity (Wildman–Crippen MR) is 82.2 cm³/mol. The minimum absolute atomic E-state index is 0.0890. The van der Waals surface area contributed by atoms with Crippen LogP contribution in [0.15, 0.2) is 0 Å². The molecule has 0 radical (unpaired) electrons. The van der Waals surface area contributed by atoms with Gasteiger partial charge in [-0.15, -0.1) is 0 Å². The van der Waals surface area contributed by atoms with Gasteiger partial charge in [-0.05, 0) is 57.3 Å². The molecule has 1 aliphatic carbocycles. The zero-order chi connectivity index (χ0) is 14.3. The number of Topliss-reactive ketones (excluding diaryl/α,β-unsaturated/α-hetero) is 1. The maximum Gasteiger partial charge on any atom is 0.136 e. The fraction of sp³-hybridized carbons (Fsp3) is 0.944. The van der Waals surface area contributed by atoms with Crippen LogP contribution in [0, 0.1) is 11.8 Å².